The summed E-state index contributed by atoms with van der Waals surface area (Å²) in [6.07, 6.45) is 0.235. The quantitative estimate of drug-likeness (QED) is 0.279. The zero-order valence-electron chi connectivity index (χ0n) is 23.8. The molecule has 0 spiro atoms. The van der Waals surface area contributed by atoms with E-state index >= 15 is 0 Å². The minimum atomic E-state index is -4.09. The smallest absolute Gasteiger partial charge is 0.310 e. The van der Waals surface area contributed by atoms with Crippen molar-refractivity contribution < 1.29 is 37.1 Å². The second-order valence-corrected chi connectivity index (χ2v) is 12.6. The number of rotatable bonds is 8. The summed E-state index contributed by atoms with van der Waals surface area (Å²) < 4.78 is 37.9. The number of nitrogens with zero attached hydrogens (tertiary/aromatic N) is 2. The third-order valence-electron chi connectivity index (χ3n) is 7.50. The maximum atomic E-state index is 13.9. The van der Waals surface area contributed by atoms with Crippen molar-refractivity contribution in [1.29, 1.82) is 0 Å². The highest BCUT2D eigenvalue weighted by Crippen LogP contribution is 2.30. The first-order chi connectivity index (χ1) is 21.7. The number of benzene rings is 3. The van der Waals surface area contributed by atoms with Crippen LogP contribution in [0.3, 0.4) is 0 Å². The predicted octanol–water partition coefficient (Wildman–Crippen LogP) is 2.13. The van der Waals surface area contributed by atoms with Crippen molar-refractivity contribution in [1.82, 2.24) is 15.6 Å². The molecule has 1 unspecified atom stereocenters. The SMILES string of the molecule is O=C(CN1C(=O)[C@@H](NC(=O)c2nccc3ccccc23)CS(=O)(=O)c2ccccc21)N[C@H]1CC(=O)OC1OCc1ccccc1. The van der Waals surface area contributed by atoms with Crippen LogP contribution in [-0.4, -0.2) is 67.8 Å². The molecule has 45 heavy (non-hydrogen) atoms. The molecule has 1 aromatic heterocycles. The van der Waals surface area contributed by atoms with Gasteiger partial charge in [0.05, 0.1) is 29.4 Å². The molecular formula is C32H28N4O8S. The highest BCUT2D eigenvalue weighted by molar-refractivity contribution is 7.91. The highest BCUT2D eigenvalue weighted by Gasteiger charge is 2.41. The number of carbonyl (C=O) groups is 4. The highest BCUT2D eigenvalue weighted by atomic mass is 32.2. The summed E-state index contributed by atoms with van der Waals surface area (Å²) in [5.41, 5.74) is 0.857. The van der Waals surface area contributed by atoms with E-state index in [0.29, 0.717) is 5.39 Å². The lowest BCUT2D eigenvalue weighted by molar-refractivity contribution is -0.168. The molecule has 4 aromatic rings. The number of amides is 3. The summed E-state index contributed by atoms with van der Waals surface area (Å²) in [6, 6.07) is 21.4. The van der Waals surface area contributed by atoms with Crippen LogP contribution in [0.25, 0.3) is 10.8 Å². The number of anilines is 1. The van der Waals surface area contributed by atoms with E-state index in [0.717, 1.165) is 15.8 Å². The summed E-state index contributed by atoms with van der Waals surface area (Å²) in [5.74, 6) is -3.52. The Hall–Kier alpha value is -5.14. The van der Waals surface area contributed by atoms with Gasteiger partial charge in [0.1, 0.15) is 24.3 Å². The fourth-order valence-electron chi connectivity index (χ4n) is 5.38. The number of carbonyl (C=O) groups excluding carboxylic acids is 4. The van der Waals surface area contributed by atoms with Crippen LogP contribution in [0, 0.1) is 0 Å². The molecule has 3 heterocycles. The van der Waals surface area contributed by atoms with Crippen molar-refractivity contribution in [3.05, 3.63) is 102 Å². The number of nitrogens with one attached hydrogen (secondary N) is 2. The van der Waals surface area contributed by atoms with Gasteiger partial charge in [-0.1, -0.05) is 66.7 Å². The van der Waals surface area contributed by atoms with Crippen molar-refractivity contribution >= 4 is 50.0 Å². The van der Waals surface area contributed by atoms with E-state index in [1.165, 1.54) is 24.4 Å². The molecule has 3 atom stereocenters. The van der Waals surface area contributed by atoms with Crippen LogP contribution in [0.2, 0.25) is 0 Å². The molecule has 2 N–H and O–H groups in total. The van der Waals surface area contributed by atoms with Crippen LogP contribution in [0.15, 0.2) is 96.0 Å². The van der Waals surface area contributed by atoms with Gasteiger partial charge >= 0.3 is 5.97 Å². The molecule has 0 saturated carbocycles. The zero-order chi connectivity index (χ0) is 31.6. The molecule has 0 radical (unpaired) electrons. The van der Waals surface area contributed by atoms with Gasteiger partial charge in [-0.05, 0) is 29.1 Å². The molecule has 230 valence electrons. The van der Waals surface area contributed by atoms with E-state index < -0.39 is 64.2 Å². The Labute approximate surface area is 258 Å². The lowest BCUT2D eigenvalue weighted by Gasteiger charge is -2.26. The van der Waals surface area contributed by atoms with E-state index in [4.69, 9.17) is 9.47 Å². The van der Waals surface area contributed by atoms with Gasteiger partial charge in [0, 0.05) is 11.6 Å². The van der Waals surface area contributed by atoms with Crippen LogP contribution in [0.5, 0.6) is 0 Å². The van der Waals surface area contributed by atoms with Crippen molar-refractivity contribution in [2.24, 2.45) is 0 Å². The van der Waals surface area contributed by atoms with E-state index in [9.17, 15) is 27.6 Å². The normalized spacial score (nSPS) is 20.6. The number of hydrogen-bond acceptors (Lipinski definition) is 9. The summed E-state index contributed by atoms with van der Waals surface area (Å²) in [4.78, 5) is 57.8. The van der Waals surface area contributed by atoms with Crippen LogP contribution in [0.4, 0.5) is 5.69 Å². The Kier molecular flexibility index (Phi) is 8.28. The number of hydrogen-bond donors (Lipinski definition) is 2. The van der Waals surface area contributed by atoms with Gasteiger partial charge < -0.3 is 20.1 Å². The van der Waals surface area contributed by atoms with Crippen LogP contribution in [-0.2, 0) is 40.3 Å². The fraction of sp³-hybridized carbons (Fsp3) is 0.219. The number of pyridine rings is 1. The predicted molar refractivity (Wildman–Crippen MR) is 162 cm³/mol. The fourth-order valence-corrected chi connectivity index (χ4v) is 7.00. The molecule has 1 fully saturated rings. The van der Waals surface area contributed by atoms with Crippen molar-refractivity contribution in [2.45, 2.75) is 36.3 Å². The van der Waals surface area contributed by atoms with Gasteiger partial charge in [-0.25, -0.2) is 8.42 Å². The molecule has 0 bridgehead atoms. The lowest BCUT2D eigenvalue weighted by Crippen LogP contribution is -2.53. The van der Waals surface area contributed by atoms with Crippen LogP contribution >= 0.6 is 0 Å². The second-order valence-electron chi connectivity index (χ2n) is 10.6. The number of fused-ring (bicyclic) bond motifs is 2. The number of ether oxygens (including phenoxy) is 2. The molecule has 3 amide bonds. The number of aromatic nitrogens is 1. The molecule has 0 aliphatic carbocycles. The molecule has 6 rings (SSSR count). The third-order valence-corrected chi connectivity index (χ3v) is 9.29. The maximum absolute atomic E-state index is 13.9. The van der Waals surface area contributed by atoms with Gasteiger partial charge in [-0.2, -0.15) is 0 Å². The first-order valence-electron chi connectivity index (χ1n) is 14.1. The van der Waals surface area contributed by atoms with Crippen LogP contribution in [0.1, 0.15) is 22.5 Å². The Morgan fingerprint density at radius 3 is 2.49 bits per heavy atom. The average molecular weight is 629 g/mol. The van der Waals surface area contributed by atoms with Crippen molar-refractivity contribution in [3.8, 4) is 0 Å². The Morgan fingerprint density at radius 2 is 1.67 bits per heavy atom. The monoisotopic (exact) mass is 628 g/mol. The summed E-state index contributed by atoms with van der Waals surface area (Å²) in [6.45, 7) is -0.464. The van der Waals surface area contributed by atoms with E-state index in [-0.39, 0.29) is 29.3 Å². The molecule has 3 aromatic carbocycles. The Bertz CT molecular complexity index is 1890. The zero-order valence-corrected chi connectivity index (χ0v) is 24.6. The topological polar surface area (TPSA) is 161 Å². The Balaban J connectivity index is 1.23. The molecule has 2 aliphatic rings. The van der Waals surface area contributed by atoms with Gasteiger partial charge in [0.25, 0.3) is 11.8 Å². The second kappa shape index (κ2) is 12.5. The number of para-hydroxylation sites is 1. The molecular weight excluding hydrogens is 600 g/mol. The largest absolute Gasteiger partial charge is 0.433 e. The van der Waals surface area contributed by atoms with E-state index in [1.807, 2.05) is 30.3 Å². The average Bonchev–Trinajstić information content (AvgIpc) is 3.36. The minimum Gasteiger partial charge on any atom is -0.433 e. The van der Waals surface area contributed by atoms with Crippen LogP contribution < -0.4 is 15.5 Å². The number of cyclic esters (lactones) is 1. The number of esters is 1. The standard InChI is InChI=1S/C32H28N4O8S/c37-27(34-23-16-28(38)44-32(23)43-18-20-8-2-1-3-9-20)17-36-25-12-6-7-13-26(25)45(41,42)19-24(31(36)40)35-30(39)29-22-11-5-4-10-21(22)14-15-33-29/h1-15,23-24,32H,16-19H2,(H,34,37)(H,35,39)/t23-,24-,32?/m0/s1. The van der Waals surface area contributed by atoms with Gasteiger partial charge in [0.15, 0.2) is 9.84 Å². The van der Waals surface area contributed by atoms with E-state index in [2.05, 4.69) is 15.6 Å². The minimum absolute atomic E-state index is 0.00619. The summed E-state index contributed by atoms with van der Waals surface area (Å²) in [7, 11) is -4.09. The maximum Gasteiger partial charge on any atom is 0.310 e. The lowest BCUT2D eigenvalue weighted by atomic mass is 10.1. The molecule has 1 saturated heterocycles. The molecule has 13 heteroatoms. The van der Waals surface area contributed by atoms with Gasteiger partial charge in [-0.15, -0.1) is 0 Å². The van der Waals surface area contributed by atoms with Crippen molar-refractivity contribution in [2.75, 3.05) is 17.2 Å². The van der Waals surface area contributed by atoms with Gasteiger partial charge in [-0.3, -0.25) is 29.1 Å². The summed E-state index contributed by atoms with van der Waals surface area (Å²) in [5, 5.41) is 6.49. The first kappa shape index (κ1) is 29.9. The molecule has 2 aliphatic heterocycles. The van der Waals surface area contributed by atoms with E-state index in [1.54, 1.807) is 36.4 Å². The first-order valence-corrected chi connectivity index (χ1v) is 15.8. The third kappa shape index (κ3) is 6.40. The van der Waals surface area contributed by atoms with Gasteiger partial charge in [0.2, 0.25) is 12.2 Å². The number of sulfone groups is 1. The van der Waals surface area contributed by atoms with Crippen molar-refractivity contribution in [3.63, 3.8) is 0 Å². The summed E-state index contributed by atoms with van der Waals surface area (Å²) >= 11 is 0. The Morgan fingerprint density at radius 1 is 0.933 bits per heavy atom. The molecule has 12 nitrogen and oxygen atoms in total.